The predicted molar refractivity (Wildman–Crippen MR) is 65.2 cm³/mol. The zero-order valence-corrected chi connectivity index (χ0v) is 11.0. The molecule has 0 aliphatic heterocycles. The van der Waals surface area contributed by atoms with Crippen molar-refractivity contribution in [3.05, 3.63) is 33.3 Å². The molecule has 1 aromatic rings. The molecule has 0 radical (unpaired) electrons. The van der Waals surface area contributed by atoms with Crippen LogP contribution >= 0.6 is 27.5 Å². The van der Waals surface area contributed by atoms with E-state index in [0.717, 1.165) is 4.47 Å². The van der Waals surface area contributed by atoms with Gasteiger partial charge < -0.3 is 9.84 Å². The van der Waals surface area contributed by atoms with Gasteiger partial charge in [0.2, 0.25) is 0 Å². The maximum absolute atomic E-state index is 9.84. The summed E-state index contributed by atoms with van der Waals surface area (Å²) < 4.78 is 6.22. The zero-order valence-electron chi connectivity index (χ0n) is 8.71. The zero-order chi connectivity index (χ0) is 11.4. The Bertz CT molecular complexity index is 328. The molecule has 84 valence electrons. The quantitative estimate of drug-likeness (QED) is 0.920. The largest absolute Gasteiger partial charge is 0.386 e. The number of aliphatic hydroxyl groups excluding tert-OH is 1. The lowest BCUT2D eigenvalue weighted by Crippen LogP contribution is -2.12. The SMILES string of the molecule is CC(C)OCC(O)c1cc(Br)ccc1Cl. The molecular weight excluding hydrogens is 279 g/mol. The minimum Gasteiger partial charge on any atom is -0.386 e. The fourth-order valence-corrected chi connectivity index (χ4v) is 1.77. The summed E-state index contributed by atoms with van der Waals surface area (Å²) in [5.74, 6) is 0. The molecular formula is C11H14BrClO2. The van der Waals surface area contributed by atoms with E-state index in [1.807, 2.05) is 19.9 Å². The first-order chi connectivity index (χ1) is 7.00. The number of aliphatic hydroxyl groups is 1. The molecule has 0 saturated carbocycles. The van der Waals surface area contributed by atoms with E-state index in [-0.39, 0.29) is 12.7 Å². The summed E-state index contributed by atoms with van der Waals surface area (Å²) >= 11 is 9.30. The van der Waals surface area contributed by atoms with E-state index in [1.54, 1.807) is 12.1 Å². The van der Waals surface area contributed by atoms with Crippen LogP contribution in [0.1, 0.15) is 25.5 Å². The third-order valence-electron chi connectivity index (χ3n) is 1.90. The van der Waals surface area contributed by atoms with Crippen LogP contribution in [0.25, 0.3) is 0 Å². The van der Waals surface area contributed by atoms with Crippen molar-refractivity contribution >= 4 is 27.5 Å². The van der Waals surface area contributed by atoms with Gasteiger partial charge in [0, 0.05) is 15.1 Å². The molecule has 2 nitrogen and oxygen atoms in total. The molecule has 0 aromatic heterocycles. The van der Waals surface area contributed by atoms with E-state index >= 15 is 0 Å². The molecule has 0 saturated heterocycles. The summed E-state index contributed by atoms with van der Waals surface area (Å²) in [4.78, 5) is 0. The van der Waals surface area contributed by atoms with Gasteiger partial charge in [0.05, 0.1) is 12.7 Å². The van der Waals surface area contributed by atoms with Crippen LogP contribution in [-0.4, -0.2) is 17.8 Å². The van der Waals surface area contributed by atoms with Crippen molar-refractivity contribution in [1.29, 1.82) is 0 Å². The smallest absolute Gasteiger partial charge is 0.104 e. The lowest BCUT2D eigenvalue weighted by molar-refractivity contribution is 0.00495. The van der Waals surface area contributed by atoms with E-state index in [9.17, 15) is 5.11 Å². The molecule has 1 atom stereocenters. The van der Waals surface area contributed by atoms with Crippen LogP contribution in [0.4, 0.5) is 0 Å². The van der Waals surface area contributed by atoms with Gasteiger partial charge >= 0.3 is 0 Å². The lowest BCUT2D eigenvalue weighted by atomic mass is 10.1. The van der Waals surface area contributed by atoms with Gasteiger partial charge in [0.25, 0.3) is 0 Å². The lowest BCUT2D eigenvalue weighted by Gasteiger charge is -2.15. The number of rotatable bonds is 4. The molecule has 1 rings (SSSR count). The summed E-state index contributed by atoms with van der Waals surface area (Å²) in [5, 5.41) is 10.4. The summed E-state index contributed by atoms with van der Waals surface area (Å²) in [6.45, 7) is 4.11. The molecule has 0 aliphatic rings. The van der Waals surface area contributed by atoms with Crippen molar-refractivity contribution in [3.8, 4) is 0 Å². The monoisotopic (exact) mass is 292 g/mol. The Hall–Kier alpha value is -0.0900. The van der Waals surface area contributed by atoms with Crippen LogP contribution in [-0.2, 0) is 4.74 Å². The predicted octanol–water partition coefficient (Wildman–Crippen LogP) is 3.56. The number of ether oxygens (including phenoxy) is 1. The fraction of sp³-hybridized carbons (Fsp3) is 0.455. The highest BCUT2D eigenvalue weighted by molar-refractivity contribution is 9.10. The Morgan fingerprint density at radius 1 is 1.47 bits per heavy atom. The minimum atomic E-state index is -0.683. The highest BCUT2D eigenvalue weighted by atomic mass is 79.9. The molecule has 1 aromatic carbocycles. The van der Waals surface area contributed by atoms with Gasteiger partial charge in [0.15, 0.2) is 0 Å². The van der Waals surface area contributed by atoms with E-state index < -0.39 is 6.10 Å². The molecule has 15 heavy (non-hydrogen) atoms. The number of benzene rings is 1. The van der Waals surface area contributed by atoms with Gasteiger partial charge in [-0.25, -0.2) is 0 Å². The summed E-state index contributed by atoms with van der Waals surface area (Å²) in [6, 6.07) is 5.39. The molecule has 0 amide bonds. The molecule has 1 N–H and O–H groups in total. The number of hydrogen-bond donors (Lipinski definition) is 1. The van der Waals surface area contributed by atoms with E-state index in [0.29, 0.717) is 10.6 Å². The number of halogens is 2. The van der Waals surface area contributed by atoms with Crippen molar-refractivity contribution in [2.24, 2.45) is 0 Å². The first-order valence-electron chi connectivity index (χ1n) is 4.75. The van der Waals surface area contributed by atoms with Gasteiger partial charge in [-0.3, -0.25) is 0 Å². The normalized spacial score (nSPS) is 13.2. The molecule has 0 aliphatic carbocycles. The van der Waals surface area contributed by atoms with E-state index in [4.69, 9.17) is 16.3 Å². The van der Waals surface area contributed by atoms with Crippen molar-refractivity contribution < 1.29 is 9.84 Å². The third-order valence-corrected chi connectivity index (χ3v) is 2.74. The molecule has 0 fully saturated rings. The molecule has 0 heterocycles. The second-order valence-electron chi connectivity index (χ2n) is 3.56. The topological polar surface area (TPSA) is 29.5 Å². The summed E-state index contributed by atoms with van der Waals surface area (Å²) in [6.07, 6.45) is -0.581. The van der Waals surface area contributed by atoms with Gasteiger partial charge in [-0.2, -0.15) is 0 Å². The Labute approximate surface area is 103 Å². The van der Waals surface area contributed by atoms with Gasteiger partial charge in [-0.15, -0.1) is 0 Å². The molecule has 4 heteroatoms. The second kappa shape index (κ2) is 5.85. The average molecular weight is 294 g/mol. The second-order valence-corrected chi connectivity index (χ2v) is 4.89. The van der Waals surface area contributed by atoms with Crippen molar-refractivity contribution in [2.75, 3.05) is 6.61 Å². The molecule has 0 spiro atoms. The van der Waals surface area contributed by atoms with Crippen LogP contribution in [0.2, 0.25) is 5.02 Å². The fourth-order valence-electron chi connectivity index (χ4n) is 1.14. The van der Waals surface area contributed by atoms with Crippen LogP contribution in [0.15, 0.2) is 22.7 Å². The summed E-state index contributed by atoms with van der Waals surface area (Å²) in [7, 11) is 0. The highest BCUT2D eigenvalue weighted by Crippen LogP contribution is 2.26. The third kappa shape index (κ3) is 4.11. The standard InChI is InChI=1S/C11H14BrClO2/c1-7(2)15-6-11(14)9-5-8(12)3-4-10(9)13/h3-5,7,11,14H,6H2,1-2H3. The first kappa shape index (κ1) is 13.0. The van der Waals surface area contributed by atoms with Crippen LogP contribution in [0.5, 0.6) is 0 Å². The number of hydrogen-bond acceptors (Lipinski definition) is 2. The van der Waals surface area contributed by atoms with Crippen molar-refractivity contribution in [3.63, 3.8) is 0 Å². The Kier molecular flexibility index (Phi) is 5.06. The van der Waals surface area contributed by atoms with E-state index in [1.165, 1.54) is 0 Å². The van der Waals surface area contributed by atoms with Gasteiger partial charge in [-0.1, -0.05) is 27.5 Å². The molecule has 0 bridgehead atoms. The molecule has 1 unspecified atom stereocenters. The van der Waals surface area contributed by atoms with Gasteiger partial charge in [-0.05, 0) is 32.0 Å². The van der Waals surface area contributed by atoms with E-state index in [2.05, 4.69) is 15.9 Å². The maximum atomic E-state index is 9.84. The van der Waals surface area contributed by atoms with Crippen molar-refractivity contribution in [1.82, 2.24) is 0 Å². The first-order valence-corrected chi connectivity index (χ1v) is 5.92. The Morgan fingerprint density at radius 3 is 2.73 bits per heavy atom. The van der Waals surface area contributed by atoms with Crippen molar-refractivity contribution in [2.45, 2.75) is 26.1 Å². The van der Waals surface area contributed by atoms with Crippen LogP contribution < -0.4 is 0 Å². The highest BCUT2D eigenvalue weighted by Gasteiger charge is 2.12. The maximum Gasteiger partial charge on any atom is 0.104 e. The van der Waals surface area contributed by atoms with Crippen LogP contribution in [0.3, 0.4) is 0 Å². The minimum absolute atomic E-state index is 0.102. The van der Waals surface area contributed by atoms with Crippen LogP contribution in [0, 0.1) is 0 Å². The Morgan fingerprint density at radius 2 is 2.13 bits per heavy atom. The van der Waals surface area contributed by atoms with Gasteiger partial charge in [0.1, 0.15) is 6.10 Å². The summed E-state index contributed by atoms with van der Waals surface area (Å²) in [5.41, 5.74) is 0.687. The Balaban J connectivity index is 2.72. The average Bonchev–Trinajstić information content (AvgIpc) is 2.18.